The maximum atomic E-state index is 13.7. The number of nitrogens with zero attached hydrogens (tertiary/aromatic N) is 1. The third-order valence-electron chi connectivity index (χ3n) is 8.14. The second-order valence-corrected chi connectivity index (χ2v) is 11.9. The van der Waals surface area contributed by atoms with Crippen molar-refractivity contribution in [1.82, 2.24) is 10.2 Å². The number of benzene rings is 2. The summed E-state index contributed by atoms with van der Waals surface area (Å²) in [6.45, 7) is 7.93. The Morgan fingerprint density at radius 1 is 1.00 bits per heavy atom. The van der Waals surface area contributed by atoms with Gasteiger partial charge in [0.05, 0.1) is 17.0 Å². The summed E-state index contributed by atoms with van der Waals surface area (Å²) in [6.07, 6.45) is -1.70. The lowest BCUT2D eigenvalue weighted by molar-refractivity contribution is -0.164. The molecule has 2 fully saturated rings. The first-order valence-electron chi connectivity index (χ1n) is 14.9. The molecule has 1 saturated carbocycles. The van der Waals surface area contributed by atoms with E-state index in [1.807, 2.05) is 31.2 Å². The van der Waals surface area contributed by atoms with Gasteiger partial charge in [-0.2, -0.15) is 26.3 Å². The maximum Gasteiger partial charge on any atom is 0.416 e. The number of halogens is 6. The molecule has 0 bridgehead atoms. The van der Waals surface area contributed by atoms with Crippen molar-refractivity contribution in [2.45, 2.75) is 96.1 Å². The molecule has 2 aromatic carbocycles. The second-order valence-electron chi connectivity index (χ2n) is 11.9. The van der Waals surface area contributed by atoms with Crippen LogP contribution in [0.5, 0.6) is 0 Å². The molecular weight excluding hydrogens is 568 g/mol. The van der Waals surface area contributed by atoms with Crippen LogP contribution in [0.3, 0.4) is 0 Å². The number of rotatable bonds is 8. The van der Waals surface area contributed by atoms with Crippen molar-refractivity contribution >= 4 is 5.91 Å². The fourth-order valence-electron chi connectivity index (χ4n) is 5.09. The number of nitrogens with one attached hydrogen (secondary N) is 1. The summed E-state index contributed by atoms with van der Waals surface area (Å²) in [5.41, 5.74) is 8.87. The van der Waals surface area contributed by atoms with Gasteiger partial charge in [-0.3, -0.25) is 4.79 Å². The molecule has 4 rings (SSSR count). The predicted molar refractivity (Wildman–Crippen MR) is 157 cm³/mol. The Morgan fingerprint density at radius 3 is 1.98 bits per heavy atom. The highest BCUT2D eigenvalue weighted by Gasteiger charge is 2.51. The highest BCUT2D eigenvalue weighted by Crippen LogP contribution is 2.48. The van der Waals surface area contributed by atoms with Gasteiger partial charge in [-0.1, -0.05) is 68.8 Å². The van der Waals surface area contributed by atoms with Crippen molar-refractivity contribution in [2.75, 3.05) is 13.1 Å². The molecule has 1 aliphatic heterocycles. The van der Waals surface area contributed by atoms with Gasteiger partial charge < -0.3 is 16.0 Å². The zero-order chi connectivity index (χ0) is 32.0. The highest BCUT2D eigenvalue weighted by molar-refractivity contribution is 5.91. The van der Waals surface area contributed by atoms with Gasteiger partial charge >= 0.3 is 12.4 Å². The fourth-order valence-corrected chi connectivity index (χ4v) is 5.09. The molecule has 10 heteroatoms. The van der Waals surface area contributed by atoms with Gasteiger partial charge in [-0.15, -0.1) is 0 Å². The number of carbonyl (C=O) groups excluding carboxylic acids is 1. The van der Waals surface area contributed by atoms with Crippen LogP contribution in [0.4, 0.5) is 26.3 Å². The predicted octanol–water partition coefficient (Wildman–Crippen LogP) is 7.69. The van der Waals surface area contributed by atoms with Crippen LogP contribution in [0.1, 0.15) is 75.1 Å². The first-order chi connectivity index (χ1) is 20.1. The van der Waals surface area contributed by atoms with Crippen molar-refractivity contribution in [1.29, 1.82) is 0 Å². The summed E-state index contributed by atoms with van der Waals surface area (Å²) in [5.74, 6) is -1.22. The van der Waals surface area contributed by atoms with Crippen LogP contribution in [-0.4, -0.2) is 42.2 Å². The Balaban J connectivity index is 0.000000646. The summed E-state index contributed by atoms with van der Waals surface area (Å²) in [4.78, 5) is 16.0. The van der Waals surface area contributed by atoms with E-state index in [1.54, 1.807) is 0 Å². The molecule has 2 aliphatic rings. The minimum atomic E-state index is -4.38. The number of allylic oxidation sites excluding steroid dienone is 1. The highest BCUT2D eigenvalue weighted by atomic mass is 19.4. The molecule has 2 aromatic rings. The van der Waals surface area contributed by atoms with Gasteiger partial charge in [0.15, 0.2) is 0 Å². The third kappa shape index (κ3) is 9.49. The van der Waals surface area contributed by atoms with Crippen molar-refractivity contribution in [3.05, 3.63) is 82.6 Å². The van der Waals surface area contributed by atoms with Crippen LogP contribution in [0, 0.1) is 12.8 Å². The largest absolute Gasteiger partial charge is 0.416 e. The van der Waals surface area contributed by atoms with Gasteiger partial charge in [0.25, 0.3) is 0 Å². The monoisotopic (exact) mass is 611 g/mol. The lowest BCUT2D eigenvalue weighted by atomic mass is 9.92. The Hall–Kier alpha value is -3.01. The summed E-state index contributed by atoms with van der Waals surface area (Å²) < 4.78 is 72.8. The quantitative estimate of drug-likeness (QED) is 0.301. The van der Waals surface area contributed by atoms with Crippen LogP contribution in [-0.2, 0) is 22.8 Å². The molecule has 1 heterocycles. The van der Waals surface area contributed by atoms with Gasteiger partial charge in [0, 0.05) is 30.7 Å². The third-order valence-corrected chi connectivity index (χ3v) is 8.14. The minimum Gasteiger partial charge on any atom is -0.373 e. The summed E-state index contributed by atoms with van der Waals surface area (Å²) in [6, 6.07) is 13.2. The number of nitrogens with two attached hydrogens (primary N) is 1. The number of hydrogen-bond donors (Lipinski definition) is 2. The first kappa shape index (κ1) is 34.5. The van der Waals surface area contributed by atoms with Crippen molar-refractivity contribution in [2.24, 2.45) is 11.7 Å². The van der Waals surface area contributed by atoms with E-state index in [2.05, 4.69) is 23.2 Å². The average molecular weight is 612 g/mol. The van der Waals surface area contributed by atoms with Gasteiger partial charge in [-0.05, 0) is 68.7 Å². The summed E-state index contributed by atoms with van der Waals surface area (Å²) >= 11 is 0. The number of likely N-dealkylation sites (tertiary alicyclic amines) is 1. The molecule has 0 spiro atoms. The lowest BCUT2D eigenvalue weighted by Crippen LogP contribution is -2.49. The number of aryl methyl sites for hydroxylation is 1. The number of alkyl halides is 6. The van der Waals surface area contributed by atoms with Crippen LogP contribution >= 0.6 is 0 Å². The summed E-state index contributed by atoms with van der Waals surface area (Å²) in [5, 5.41) is 3.32. The Morgan fingerprint density at radius 2 is 1.53 bits per heavy atom. The molecule has 1 saturated heterocycles. The Bertz CT molecular complexity index is 1210. The second kappa shape index (κ2) is 14.2. The van der Waals surface area contributed by atoms with E-state index in [-0.39, 0.29) is 18.0 Å². The smallest absolute Gasteiger partial charge is 0.373 e. The van der Waals surface area contributed by atoms with E-state index < -0.39 is 29.2 Å². The van der Waals surface area contributed by atoms with E-state index in [1.165, 1.54) is 12.1 Å². The molecule has 0 unspecified atom stereocenters. The zero-order valence-electron chi connectivity index (χ0n) is 25.3. The molecule has 3 N–H and O–H groups in total. The molecule has 1 atom stereocenters. The first-order valence-corrected chi connectivity index (χ1v) is 14.9. The van der Waals surface area contributed by atoms with E-state index in [9.17, 15) is 31.1 Å². The molecule has 0 aromatic heterocycles. The SMILES string of the molecule is CC(C)C(F)(F)F.CCC=C([C@H](Cc1ccc(C(F)(F)F)cc1)NC(=O)C1(c2ccc(C)cc2)CC1)N1CCC(N)CC1. The van der Waals surface area contributed by atoms with Crippen molar-refractivity contribution in [3.63, 3.8) is 0 Å². The number of carbonyl (C=O) groups is 1. The van der Waals surface area contributed by atoms with E-state index in [0.717, 1.165) is 93.6 Å². The normalized spacial score (nSPS) is 18.1. The Kier molecular flexibility index (Phi) is 11.4. The van der Waals surface area contributed by atoms with Crippen molar-refractivity contribution in [3.8, 4) is 0 Å². The maximum absolute atomic E-state index is 13.7. The fraction of sp³-hybridized carbons (Fsp3) is 0.545. The van der Waals surface area contributed by atoms with Crippen LogP contribution < -0.4 is 11.1 Å². The average Bonchev–Trinajstić information content (AvgIpc) is 3.74. The van der Waals surface area contributed by atoms with Crippen LogP contribution in [0.2, 0.25) is 0 Å². The molecule has 1 aliphatic carbocycles. The van der Waals surface area contributed by atoms with E-state index in [0.29, 0.717) is 6.42 Å². The standard InChI is InChI=1S/C29H36F3N3O.C4H7F3/c1-3-4-26(35-17-13-24(33)14-18-35)25(19-21-7-11-23(12-8-21)29(30,31)32)34-27(36)28(15-16-28)22-9-5-20(2)6-10-22;1-3(2)4(5,6)7/h4-12,24-25H,3,13-19,33H2,1-2H3,(H,34,36);3H,1-2H3/t25-;/m0./s1. The van der Waals surface area contributed by atoms with E-state index in [4.69, 9.17) is 5.73 Å². The van der Waals surface area contributed by atoms with Crippen LogP contribution in [0.15, 0.2) is 60.3 Å². The van der Waals surface area contributed by atoms with E-state index >= 15 is 0 Å². The Labute approximate surface area is 250 Å². The summed E-state index contributed by atoms with van der Waals surface area (Å²) in [7, 11) is 0. The molecular formula is C33H43F6N3O. The lowest BCUT2D eigenvalue weighted by Gasteiger charge is -2.38. The van der Waals surface area contributed by atoms with Crippen molar-refractivity contribution < 1.29 is 31.1 Å². The van der Waals surface area contributed by atoms with Gasteiger partial charge in [0.1, 0.15) is 0 Å². The van der Waals surface area contributed by atoms with Crippen LogP contribution in [0.25, 0.3) is 0 Å². The number of piperidine rings is 1. The molecule has 4 nitrogen and oxygen atoms in total. The number of hydrogen-bond acceptors (Lipinski definition) is 3. The molecule has 0 radical (unpaired) electrons. The molecule has 43 heavy (non-hydrogen) atoms. The van der Waals surface area contributed by atoms with Gasteiger partial charge in [-0.25, -0.2) is 0 Å². The molecule has 1 amide bonds. The zero-order valence-corrected chi connectivity index (χ0v) is 25.3. The number of amides is 1. The topological polar surface area (TPSA) is 58.4 Å². The molecule has 238 valence electrons. The minimum absolute atomic E-state index is 0.0148. The van der Waals surface area contributed by atoms with Gasteiger partial charge in [0.2, 0.25) is 5.91 Å².